The second-order valence-electron chi connectivity index (χ2n) is 4.26. The normalized spacial score (nSPS) is 31.6. The van der Waals surface area contributed by atoms with Gasteiger partial charge in [0.1, 0.15) is 0 Å². The van der Waals surface area contributed by atoms with Crippen molar-refractivity contribution < 1.29 is 4.74 Å². The fourth-order valence-electron chi connectivity index (χ4n) is 1.90. The van der Waals surface area contributed by atoms with Gasteiger partial charge in [0.05, 0.1) is 12.7 Å². The zero-order valence-corrected chi connectivity index (χ0v) is 8.24. The molecule has 3 heteroatoms. The van der Waals surface area contributed by atoms with E-state index in [1.165, 1.54) is 25.9 Å². The van der Waals surface area contributed by atoms with E-state index in [4.69, 9.17) is 10.5 Å². The van der Waals surface area contributed by atoms with Crippen molar-refractivity contribution in [2.45, 2.75) is 25.4 Å². The van der Waals surface area contributed by atoms with E-state index in [1.807, 2.05) is 0 Å². The third-order valence-electron chi connectivity index (χ3n) is 3.00. The Morgan fingerprint density at radius 3 is 2.77 bits per heavy atom. The van der Waals surface area contributed by atoms with Gasteiger partial charge in [-0.25, -0.2) is 0 Å². The van der Waals surface area contributed by atoms with Gasteiger partial charge in [0.2, 0.25) is 0 Å². The van der Waals surface area contributed by atoms with Crippen molar-refractivity contribution in [1.29, 1.82) is 0 Å². The van der Waals surface area contributed by atoms with Gasteiger partial charge in [0, 0.05) is 26.2 Å². The molecule has 0 radical (unpaired) electrons. The SMILES string of the molecule is NCC1CCN(CC2CC2)CCO1. The summed E-state index contributed by atoms with van der Waals surface area (Å²) >= 11 is 0. The molecular formula is C10H20N2O. The molecule has 0 spiro atoms. The number of rotatable bonds is 3. The Hall–Kier alpha value is -0.120. The van der Waals surface area contributed by atoms with Crippen LogP contribution in [0.3, 0.4) is 0 Å². The number of hydrogen-bond acceptors (Lipinski definition) is 3. The molecule has 1 saturated carbocycles. The van der Waals surface area contributed by atoms with Crippen molar-refractivity contribution in [1.82, 2.24) is 4.90 Å². The largest absolute Gasteiger partial charge is 0.376 e. The van der Waals surface area contributed by atoms with E-state index in [9.17, 15) is 0 Å². The summed E-state index contributed by atoms with van der Waals surface area (Å²) in [7, 11) is 0. The average Bonchev–Trinajstić information content (AvgIpc) is 2.93. The molecule has 3 nitrogen and oxygen atoms in total. The lowest BCUT2D eigenvalue weighted by Crippen LogP contribution is -2.29. The fourth-order valence-corrected chi connectivity index (χ4v) is 1.90. The number of ether oxygens (including phenoxy) is 1. The van der Waals surface area contributed by atoms with Crippen molar-refractivity contribution in [3.63, 3.8) is 0 Å². The zero-order valence-electron chi connectivity index (χ0n) is 8.24. The number of nitrogens with zero attached hydrogens (tertiary/aromatic N) is 1. The van der Waals surface area contributed by atoms with Crippen LogP contribution in [0.2, 0.25) is 0 Å². The van der Waals surface area contributed by atoms with Gasteiger partial charge in [-0.2, -0.15) is 0 Å². The molecule has 1 heterocycles. The van der Waals surface area contributed by atoms with Crippen LogP contribution in [-0.4, -0.2) is 43.8 Å². The van der Waals surface area contributed by atoms with E-state index in [1.54, 1.807) is 0 Å². The first-order valence-corrected chi connectivity index (χ1v) is 5.42. The lowest BCUT2D eigenvalue weighted by Gasteiger charge is -2.18. The molecule has 2 N–H and O–H groups in total. The Bertz CT molecular complexity index is 159. The van der Waals surface area contributed by atoms with Crippen molar-refractivity contribution in [3.8, 4) is 0 Å². The molecule has 76 valence electrons. The van der Waals surface area contributed by atoms with Gasteiger partial charge >= 0.3 is 0 Å². The summed E-state index contributed by atoms with van der Waals surface area (Å²) in [5.41, 5.74) is 5.59. The summed E-state index contributed by atoms with van der Waals surface area (Å²) in [4.78, 5) is 2.54. The van der Waals surface area contributed by atoms with Crippen molar-refractivity contribution in [3.05, 3.63) is 0 Å². The molecular weight excluding hydrogens is 164 g/mol. The molecule has 1 aliphatic heterocycles. The van der Waals surface area contributed by atoms with E-state index in [0.717, 1.165) is 25.5 Å². The zero-order chi connectivity index (χ0) is 9.10. The topological polar surface area (TPSA) is 38.5 Å². The van der Waals surface area contributed by atoms with Gasteiger partial charge in [-0.15, -0.1) is 0 Å². The second kappa shape index (κ2) is 4.40. The lowest BCUT2D eigenvalue weighted by molar-refractivity contribution is 0.0680. The van der Waals surface area contributed by atoms with Crippen LogP contribution in [0.15, 0.2) is 0 Å². The minimum Gasteiger partial charge on any atom is -0.376 e. The lowest BCUT2D eigenvalue weighted by atomic mass is 10.2. The number of nitrogens with two attached hydrogens (primary N) is 1. The maximum atomic E-state index is 5.62. The van der Waals surface area contributed by atoms with Crippen LogP contribution < -0.4 is 5.73 Å². The van der Waals surface area contributed by atoms with Crippen molar-refractivity contribution >= 4 is 0 Å². The van der Waals surface area contributed by atoms with Gasteiger partial charge in [-0.1, -0.05) is 0 Å². The highest BCUT2D eigenvalue weighted by Crippen LogP contribution is 2.29. The predicted molar refractivity (Wildman–Crippen MR) is 52.6 cm³/mol. The van der Waals surface area contributed by atoms with Crippen LogP contribution in [0.1, 0.15) is 19.3 Å². The Morgan fingerprint density at radius 2 is 2.08 bits per heavy atom. The van der Waals surface area contributed by atoms with E-state index in [-0.39, 0.29) is 0 Å². The van der Waals surface area contributed by atoms with Crippen LogP contribution in [0.4, 0.5) is 0 Å². The molecule has 1 saturated heterocycles. The Balaban J connectivity index is 1.72. The standard InChI is InChI=1S/C10H20N2O/c11-7-10-3-4-12(5-6-13-10)8-9-1-2-9/h9-10H,1-8,11H2. The van der Waals surface area contributed by atoms with Gasteiger partial charge < -0.3 is 15.4 Å². The van der Waals surface area contributed by atoms with Crippen LogP contribution in [-0.2, 0) is 4.74 Å². The highest BCUT2D eigenvalue weighted by atomic mass is 16.5. The van der Waals surface area contributed by atoms with Crippen LogP contribution in [0, 0.1) is 5.92 Å². The highest BCUT2D eigenvalue weighted by molar-refractivity contribution is 4.79. The fraction of sp³-hybridized carbons (Fsp3) is 1.00. The third kappa shape index (κ3) is 2.93. The Kier molecular flexibility index (Phi) is 3.19. The van der Waals surface area contributed by atoms with Crippen molar-refractivity contribution in [2.75, 3.05) is 32.8 Å². The average molecular weight is 184 g/mol. The maximum Gasteiger partial charge on any atom is 0.0710 e. The summed E-state index contributed by atoms with van der Waals surface area (Å²) < 4.78 is 5.62. The second-order valence-corrected chi connectivity index (χ2v) is 4.26. The summed E-state index contributed by atoms with van der Waals surface area (Å²) in [5.74, 6) is 0.995. The first kappa shape index (κ1) is 9.44. The Morgan fingerprint density at radius 1 is 1.23 bits per heavy atom. The minimum atomic E-state index is 0.309. The maximum absolute atomic E-state index is 5.62. The quantitative estimate of drug-likeness (QED) is 0.692. The molecule has 0 aromatic heterocycles. The van der Waals surface area contributed by atoms with Gasteiger partial charge in [0.25, 0.3) is 0 Å². The summed E-state index contributed by atoms with van der Waals surface area (Å²) in [6, 6.07) is 0. The van der Waals surface area contributed by atoms with Crippen LogP contribution in [0.5, 0.6) is 0 Å². The van der Waals surface area contributed by atoms with E-state index in [0.29, 0.717) is 12.6 Å². The molecule has 2 aliphatic rings. The first-order chi connectivity index (χ1) is 6.38. The molecule has 1 aliphatic carbocycles. The van der Waals surface area contributed by atoms with Gasteiger partial charge in [-0.3, -0.25) is 0 Å². The number of hydrogen-bond donors (Lipinski definition) is 1. The van der Waals surface area contributed by atoms with Gasteiger partial charge in [0.15, 0.2) is 0 Å². The first-order valence-electron chi connectivity index (χ1n) is 5.42. The van der Waals surface area contributed by atoms with Crippen LogP contribution in [0.25, 0.3) is 0 Å². The molecule has 1 atom stereocenters. The molecule has 13 heavy (non-hydrogen) atoms. The van der Waals surface area contributed by atoms with E-state index < -0.39 is 0 Å². The molecule has 2 fully saturated rings. The molecule has 2 rings (SSSR count). The van der Waals surface area contributed by atoms with Crippen LogP contribution >= 0.6 is 0 Å². The monoisotopic (exact) mass is 184 g/mol. The Labute approximate surface area is 80.2 Å². The summed E-state index contributed by atoms with van der Waals surface area (Å²) in [6.07, 6.45) is 4.31. The summed E-state index contributed by atoms with van der Waals surface area (Å²) in [6.45, 7) is 5.12. The molecule has 0 bridgehead atoms. The molecule has 1 unspecified atom stereocenters. The van der Waals surface area contributed by atoms with E-state index in [2.05, 4.69) is 4.90 Å². The molecule has 0 amide bonds. The molecule has 0 aromatic carbocycles. The predicted octanol–water partition coefficient (Wildman–Crippen LogP) is 0.446. The van der Waals surface area contributed by atoms with Gasteiger partial charge in [-0.05, 0) is 25.2 Å². The molecule has 0 aromatic rings. The third-order valence-corrected chi connectivity index (χ3v) is 3.00. The van der Waals surface area contributed by atoms with Crippen molar-refractivity contribution in [2.24, 2.45) is 11.7 Å². The highest BCUT2D eigenvalue weighted by Gasteiger charge is 2.25. The van der Waals surface area contributed by atoms with E-state index >= 15 is 0 Å². The smallest absolute Gasteiger partial charge is 0.0710 e. The minimum absolute atomic E-state index is 0.309. The summed E-state index contributed by atoms with van der Waals surface area (Å²) in [5, 5.41) is 0.